The van der Waals surface area contributed by atoms with Gasteiger partial charge in [0.15, 0.2) is 0 Å². The summed E-state index contributed by atoms with van der Waals surface area (Å²) in [6.07, 6.45) is 0. The molecule has 0 aliphatic carbocycles. The van der Waals surface area contributed by atoms with E-state index in [9.17, 15) is 14.4 Å². The van der Waals surface area contributed by atoms with Gasteiger partial charge < -0.3 is 15.4 Å². The van der Waals surface area contributed by atoms with E-state index in [1.165, 1.54) is 4.90 Å². The Morgan fingerprint density at radius 2 is 1.87 bits per heavy atom. The third-order valence-corrected chi connectivity index (χ3v) is 3.40. The molecule has 0 fully saturated rings. The summed E-state index contributed by atoms with van der Waals surface area (Å²) in [5.41, 5.74) is 0.631. The smallest absolute Gasteiger partial charge is 0.320 e. The first-order chi connectivity index (χ1) is 10.9. The fraction of sp³-hybridized carbons (Fsp3) is 0.400. The number of rotatable bonds is 8. The molecule has 0 unspecified atom stereocenters. The normalized spacial score (nSPS) is 10.3. The molecule has 0 saturated carbocycles. The number of hydrogen-bond acceptors (Lipinski definition) is 5. The molecule has 0 heterocycles. The predicted molar refractivity (Wildman–Crippen MR) is 89.9 cm³/mol. The van der Waals surface area contributed by atoms with Crippen LogP contribution >= 0.6 is 15.9 Å². The molecule has 0 aliphatic heterocycles. The molecule has 23 heavy (non-hydrogen) atoms. The van der Waals surface area contributed by atoms with Gasteiger partial charge in [-0.05, 0) is 42.0 Å². The van der Waals surface area contributed by atoms with Crippen LogP contribution in [0.15, 0.2) is 28.7 Å². The molecule has 2 amide bonds. The number of nitrogens with one attached hydrogen (secondary N) is 2. The highest BCUT2D eigenvalue weighted by molar-refractivity contribution is 9.10. The van der Waals surface area contributed by atoms with Gasteiger partial charge in [-0.1, -0.05) is 12.1 Å². The quantitative estimate of drug-likeness (QED) is 0.651. The van der Waals surface area contributed by atoms with E-state index < -0.39 is 5.97 Å². The molecule has 1 aromatic carbocycles. The molecule has 0 atom stereocenters. The molecular formula is C15H20BrN3O4. The lowest BCUT2D eigenvalue weighted by molar-refractivity contribution is -0.144. The number of likely N-dealkylation sites (N-methyl/N-ethyl adjacent to an activating group) is 1. The molecule has 0 bridgehead atoms. The number of ether oxygens (including phenoxy) is 1. The Balaban J connectivity index is 2.31. The van der Waals surface area contributed by atoms with Crippen molar-refractivity contribution in [2.24, 2.45) is 0 Å². The summed E-state index contributed by atoms with van der Waals surface area (Å²) in [7, 11) is 1.62. The van der Waals surface area contributed by atoms with Crippen LogP contribution in [0.3, 0.4) is 0 Å². The van der Waals surface area contributed by atoms with Crippen molar-refractivity contribution >= 4 is 39.4 Å². The summed E-state index contributed by atoms with van der Waals surface area (Å²) in [4.78, 5) is 36.3. The van der Waals surface area contributed by atoms with Crippen LogP contribution in [0.25, 0.3) is 0 Å². The Kier molecular flexibility index (Phi) is 8.28. The van der Waals surface area contributed by atoms with Gasteiger partial charge in [0.25, 0.3) is 0 Å². The second kappa shape index (κ2) is 9.96. The monoisotopic (exact) mass is 385 g/mol. The number of amides is 2. The summed E-state index contributed by atoms with van der Waals surface area (Å²) >= 11 is 3.32. The lowest BCUT2D eigenvalue weighted by Crippen LogP contribution is -2.40. The Labute approximate surface area is 143 Å². The summed E-state index contributed by atoms with van der Waals surface area (Å²) in [5, 5.41) is 5.18. The van der Waals surface area contributed by atoms with Crippen molar-refractivity contribution in [1.82, 2.24) is 10.2 Å². The van der Waals surface area contributed by atoms with E-state index in [0.29, 0.717) is 12.3 Å². The summed E-state index contributed by atoms with van der Waals surface area (Å²) in [6.45, 7) is 1.89. The standard InChI is InChI=1S/C15H20BrN3O4/c1-3-23-15(22)10-19(2)9-14(21)17-8-13(20)18-12-7-5-4-6-11(12)16/h4-7H,3,8-10H2,1-2H3,(H,17,21)(H,18,20). The van der Waals surface area contributed by atoms with Crippen molar-refractivity contribution in [3.63, 3.8) is 0 Å². The maximum Gasteiger partial charge on any atom is 0.320 e. The highest BCUT2D eigenvalue weighted by atomic mass is 79.9. The van der Waals surface area contributed by atoms with E-state index in [4.69, 9.17) is 4.74 Å². The predicted octanol–water partition coefficient (Wildman–Crippen LogP) is 0.999. The van der Waals surface area contributed by atoms with Gasteiger partial charge in [-0.25, -0.2) is 0 Å². The maximum absolute atomic E-state index is 11.8. The third kappa shape index (κ3) is 7.75. The van der Waals surface area contributed by atoms with E-state index in [0.717, 1.165) is 4.47 Å². The first-order valence-electron chi connectivity index (χ1n) is 7.07. The maximum atomic E-state index is 11.8. The minimum absolute atomic E-state index is 0.00112. The van der Waals surface area contributed by atoms with Crippen LogP contribution in [0, 0.1) is 0 Å². The molecule has 126 valence electrons. The van der Waals surface area contributed by atoms with Crippen LogP contribution in [0.1, 0.15) is 6.92 Å². The van der Waals surface area contributed by atoms with Gasteiger partial charge in [0.05, 0.1) is 31.9 Å². The van der Waals surface area contributed by atoms with Crippen LogP contribution in [0.4, 0.5) is 5.69 Å². The first-order valence-corrected chi connectivity index (χ1v) is 7.87. The van der Waals surface area contributed by atoms with E-state index in [1.807, 2.05) is 6.07 Å². The Hall–Kier alpha value is -1.93. The molecule has 0 aliphatic rings. The second-order valence-corrected chi connectivity index (χ2v) is 5.64. The topological polar surface area (TPSA) is 87.7 Å². The number of halogens is 1. The number of esters is 1. The molecule has 2 N–H and O–H groups in total. The molecule has 1 aromatic rings. The Bertz CT molecular complexity index is 565. The Morgan fingerprint density at radius 1 is 1.17 bits per heavy atom. The molecule has 0 aromatic heterocycles. The molecule has 0 saturated heterocycles. The zero-order chi connectivity index (χ0) is 17.2. The number of anilines is 1. The lowest BCUT2D eigenvalue weighted by Gasteiger charge is -2.15. The van der Waals surface area contributed by atoms with Gasteiger partial charge >= 0.3 is 5.97 Å². The minimum atomic E-state index is -0.394. The zero-order valence-corrected chi connectivity index (χ0v) is 14.7. The molecule has 1 rings (SSSR count). The van der Waals surface area contributed by atoms with Gasteiger partial charge in [-0.2, -0.15) is 0 Å². The molecular weight excluding hydrogens is 366 g/mol. The Morgan fingerprint density at radius 3 is 2.52 bits per heavy atom. The first kappa shape index (κ1) is 19.1. The van der Waals surface area contributed by atoms with Gasteiger partial charge in [-0.15, -0.1) is 0 Å². The SMILES string of the molecule is CCOC(=O)CN(C)CC(=O)NCC(=O)Nc1ccccc1Br. The molecule has 0 radical (unpaired) electrons. The van der Waals surface area contributed by atoms with Crippen molar-refractivity contribution in [1.29, 1.82) is 0 Å². The molecule has 7 nitrogen and oxygen atoms in total. The van der Waals surface area contributed by atoms with Crippen LogP contribution in [0.5, 0.6) is 0 Å². The van der Waals surface area contributed by atoms with Crippen molar-refractivity contribution < 1.29 is 19.1 Å². The van der Waals surface area contributed by atoms with Gasteiger partial charge in [0.1, 0.15) is 0 Å². The van der Waals surface area contributed by atoms with Crippen LogP contribution in [0.2, 0.25) is 0 Å². The average Bonchev–Trinajstić information content (AvgIpc) is 2.47. The highest BCUT2D eigenvalue weighted by Gasteiger charge is 2.12. The minimum Gasteiger partial charge on any atom is -0.465 e. The van der Waals surface area contributed by atoms with Crippen LogP contribution < -0.4 is 10.6 Å². The van der Waals surface area contributed by atoms with E-state index in [2.05, 4.69) is 26.6 Å². The lowest BCUT2D eigenvalue weighted by atomic mass is 10.3. The number of carbonyl (C=O) groups is 3. The highest BCUT2D eigenvalue weighted by Crippen LogP contribution is 2.20. The third-order valence-electron chi connectivity index (χ3n) is 2.71. The van der Waals surface area contributed by atoms with Crippen molar-refractivity contribution in [2.45, 2.75) is 6.92 Å². The van der Waals surface area contributed by atoms with Crippen molar-refractivity contribution in [3.05, 3.63) is 28.7 Å². The largest absolute Gasteiger partial charge is 0.465 e. The number of nitrogens with zero attached hydrogens (tertiary/aromatic N) is 1. The second-order valence-electron chi connectivity index (χ2n) is 4.78. The van der Waals surface area contributed by atoms with E-state index in [1.54, 1.807) is 32.2 Å². The summed E-state index contributed by atoms with van der Waals surface area (Å²) in [5.74, 6) is -1.08. The number of benzene rings is 1. The van der Waals surface area contributed by atoms with Gasteiger partial charge in [0.2, 0.25) is 11.8 Å². The van der Waals surface area contributed by atoms with Crippen LogP contribution in [-0.4, -0.2) is 56.0 Å². The van der Waals surface area contributed by atoms with Crippen molar-refractivity contribution in [3.8, 4) is 0 Å². The van der Waals surface area contributed by atoms with E-state index >= 15 is 0 Å². The van der Waals surface area contributed by atoms with Crippen LogP contribution in [-0.2, 0) is 19.1 Å². The molecule has 8 heteroatoms. The summed E-state index contributed by atoms with van der Waals surface area (Å²) < 4.78 is 5.55. The number of carbonyl (C=O) groups excluding carboxylic acids is 3. The number of hydrogen-bond donors (Lipinski definition) is 2. The fourth-order valence-corrected chi connectivity index (χ4v) is 2.10. The van der Waals surface area contributed by atoms with Gasteiger partial charge in [0, 0.05) is 4.47 Å². The average molecular weight is 386 g/mol. The zero-order valence-electron chi connectivity index (χ0n) is 13.1. The van der Waals surface area contributed by atoms with Gasteiger partial charge in [-0.3, -0.25) is 19.3 Å². The summed E-state index contributed by atoms with van der Waals surface area (Å²) in [6, 6.07) is 7.18. The van der Waals surface area contributed by atoms with E-state index in [-0.39, 0.29) is 31.4 Å². The fourth-order valence-electron chi connectivity index (χ4n) is 1.72. The van der Waals surface area contributed by atoms with Crippen molar-refractivity contribution in [2.75, 3.05) is 38.6 Å². The number of para-hydroxylation sites is 1. The molecule has 0 spiro atoms.